The first-order valence-corrected chi connectivity index (χ1v) is 7.17. The van der Waals surface area contributed by atoms with Crippen LogP contribution in [0.5, 0.6) is 0 Å². The average molecular weight is 340 g/mol. The topological polar surface area (TPSA) is 43.6 Å². The SMILES string of the molecule is Cn1ccnc1-c1nc(Cl)c(-c2ccccc2Cl)c(Cl)n1. The summed E-state index contributed by atoms with van der Waals surface area (Å²) >= 11 is 18.7. The van der Waals surface area contributed by atoms with E-state index in [1.807, 2.05) is 25.2 Å². The zero-order chi connectivity index (χ0) is 15.0. The molecule has 0 aliphatic heterocycles. The molecule has 0 aliphatic carbocycles. The van der Waals surface area contributed by atoms with Gasteiger partial charge in [0, 0.05) is 30.0 Å². The Morgan fingerprint density at radius 2 is 1.67 bits per heavy atom. The van der Waals surface area contributed by atoms with E-state index in [9.17, 15) is 0 Å². The number of aromatic nitrogens is 4. The molecular weight excluding hydrogens is 331 g/mol. The van der Waals surface area contributed by atoms with Gasteiger partial charge in [0.15, 0.2) is 11.6 Å². The molecule has 0 amide bonds. The fraction of sp³-hybridized carbons (Fsp3) is 0.0714. The second-order valence-electron chi connectivity index (χ2n) is 4.35. The van der Waals surface area contributed by atoms with Crippen LogP contribution in [0, 0.1) is 0 Å². The molecule has 7 heteroatoms. The Hall–Kier alpha value is -1.62. The number of rotatable bonds is 2. The maximum absolute atomic E-state index is 6.28. The average Bonchev–Trinajstić information content (AvgIpc) is 2.86. The van der Waals surface area contributed by atoms with E-state index in [-0.39, 0.29) is 10.3 Å². The minimum absolute atomic E-state index is 0.237. The van der Waals surface area contributed by atoms with Gasteiger partial charge in [-0.1, -0.05) is 53.0 Å². The van der Waals surface area contributed by atoms with Crippen LogP contribution >= 0.6 is 34.8 Å². The maximum Gasteiger partial charge on any atom is 0.198 e. The minimum Gasteiger partial charge on any atom is -0.331 e. The highest BCUT2D eigenvalue weighted by Gasteiger charge is 2.18. The lowest BCUT2D eigenvalue weighted by Crippen LogP contribution is -1.99. The van der Waals surface area contributed by atoms with Crippen molar-refractivity contribution in [3.8, 4) is 22.8 Å². The lowest BCUT2D eigenvalue weighted by molar-refractivity contribution is 0.906. The molecule has 2 aromatic heterocycles. The number of hydrogen-bond acceptors (Lipinski definition) is 3. The van der Waals surface area contributed by atoms with Crippen molar-refractivity contribution in [3.05, 3.63) is 52.0 Å². The number of halogens is 3. The highest BCUT2D eigenvalue weighted by atomic mass is 35.5. The molecule has 0 radical (unpaired) electrons. The Labute approximate surface area is 136 Å². The van der Waals surface area contributed by atoms with Crippen LogP contribution in [0.1, 0.15) is 0 Å². The molecule has 0 fully saturated rings. The molecule has 0 spiro atoms. The summed E-state index contributed by atoms with van der Waals surface area (Å²) in [6, 6.07) is 7.26. The Morgan fingerprint density at radius 1 is 1.00 bits per heavy atom. The summed E-state index contributed by atoms with van der Waals surface area (Å²) in [6.07, 6.45) is 3.45. The standard InChI is InChI=1S/C14H9Cl3N4/c1-21-7-6-18-14(21)13-19-11(16)10(12(17)20-13)8-4-2-3-5-9(8)15/h2-7H,1H3. The molecule has 1 aromatic carbocycles. The van der Waals surface area contributed by atoms with E-state index in [1.54, 1.807) is 23.0 Å². The van der Waals surface area contributed by atoms with Crippen LogP contribution in [0.25, 0.3) is 22.8 Å². The molecule has 21 heavy (non-hydrogen) atoms. The third kappa shape index (κ3) is 2.62. The van der Waals surface area contributed by atoms with Crippen molar-refractivity contribution in [3.63, 3.8) is 0 Å². The summed E-state index contributed by atoms with van der Waals surface area (Å²) in [4.78, 5) is 12.7. The summed E-state index contributed by atoms with van der Waals surface area (Å²) in [5, 5.41) is 1.01. The molecule has 0 bridgehead atoms. The second-order valence-corrected chi connectivity index (χ2v) is 5.47. The molecule has 0 aliphatic rings. The molecule has 0 atom stereocenters. The van der Waals surface area contributed by atoms with Gasteiger partial charge in [-0.25, -0.2) is 15.0 Å². The molecule has 0 unspecified atom stereocenters. The zero-order valence-electron chi connectivity index (χ0n) is 10.9. The van der Waals surface area contributed by atoms with Gasteiger partial charge in [-0.15, -0.1) is 0 Å². The van der Waals surface area contributed by atoms with Gasteiger partial charge in [-0.3, -0.25) is 0 Å². The fourth-order valence-electron chi connectivity index (χ4n) is 1.98. The number of benzene rings is 1. The number of nitrogens with zero attached hydrogens (tertiary/aromatic N) is 4. The lowest BCUT2D eigenvalue weighted by atomic mass is 10.1. The Bertz CT molecular complexity index is 790. The second kappa shape index (κ2) is 5.64. The molecule has 3 rings (SSSR count). The fourth-order valence-corrected chi connectivity index (χ4v) is 2.80. The molecule has 106 valence electrons. The van der Waals surface area contributed by atoms with Gasteiger partial charge in [0.1, 0.15) is 10.3 Å². The van der Waals surface area contributed by atoms with Gasteiger partial charge in [0.2, 0.25) is 0 Å². The van der Waals surface area contributed by atoms with Crippen molar-refractivity contribution in [1.29, 1.82) is 0 Å². The first-order valence-electron chi connectivity index (χ1n) is 6.03. The predicted molar refractivity (Wildman–Crippen MR) is 84.7 cm³/mol. The van der Waals surface area contributed by atoms with Crippen LogP contribution in [0.2, 0.25) is 15.3 Å². The molecule has 0 saturated heterocycles. The summed E-state index contributed by atoms with van der Waals surface area (Å²) < 4.78 is 1.79. The highest BCUT2D eigenvalue weighted by Crippen LogP contribution is 2.37. The maximum atomic E-state index is 6.28. The number of aryl methyl sites for hydroxylation is 1. The van der Waals surface area contributed by atoms with E-state index >= 15 is 0 Å². The van der Waals surface area contributed by atoms with Gasteiger partial charge in [0.25, 0.3) is 0 Å². The van der Waals surface area contributed by atoms with Crippen LogP contribution < -0.4 is 0 Å². The highest BCUT2D eigenvalue weighted by molar-refractivity contribution is 6.40. The molecule has 2 heterocycles. The van der Waals surface area contributed by atoms with Crippen LogP contribution in [0.4, 0.5) is 0 Å². The van der Waals surface area contributed by atoms with Gasteiger partial charge in [-0.05, 0) is 6.07 Å². The molecule has 3 aromatic rings. The zero-order valence-corrected chi connectivity index (χ0v) is 13.2. The van der Waals surface area contributed by atoms with Gasteiger partial charge >= 0.3 is 0 Å². The molecular formula is C14H9Cl3N4. The minimum atomic E-state index is 0.237. The third-order valence-electron chi connectivity index (χ3n) is 2.99. The van der Waals surface area contributed by atoms with E-state index in [1.165, 1.54) is 0 Å². The van der Waals surface area contributed by atoms with E-state index in [2.05, 4.69) is 15.0 Å². The van der Waals surface area contributed by atoms with E-state index in [0.29, 0.717) is 27.8 Å². The van der Waals surface area contributed by atoms with E-state index < -0.39 is 0 Å². The number of imidazole rings is 1. The van der Waals surface area contributed by atoms with Crippen LogP contribution in [0.3, 0.4) is 0 Å². The Kier molecular flexibility index (Phi) is 3.85. The number of hydrogen-bond donors (Lipinski definition) is 0. The summed E-state index contributed by atoms with van der Waals surface area (Å²) in [6.45, 7) is 0. The monoisotopic (exact) mass is 338 g/mol. The Balaban J connectivity index is 2.18. The first-order chi connectivity index (χ1) is 10.1. The van der Waals surface area contributed by atoms with Crippen LogP contribution in [0.15, 0.2) is 36.7 Å². The van der Waals surface area contributed by atoms with Crippen molar-refractivity contribution in [1.82, 2.24) is 19.5 Å². The lowest BCUT2D eigenvalue weighted by Gasteiger charge is -2.09. The Morgan fingerprint density at radius 3 is 2.24 bits per heavy atom. The molecule has 4 nitrogen and oxygen atoms in total. The van der Waals surface area contributed by atoms with Crippen LogP contribution in [-0.2, 0) is 7.05 Å². The van der Waals surface area contributed by atoms with E-state index in [0.717, 1.165) is 0 Å². The van der Waals surface area contributed by atoms with Gasteiger partial charge < -0.3 is 4.57 Å². The quantitative estimate of drug-likeness (QED) is 0.645. The van der Waals surface area contributed by atoms with Crippen molar-refractivity contribution in [2.45, 2.75) is 0 Å². The van der Waals surface area contributed by atoms with Crippen LogP contribution in [-0.4, -0.2) is 19.5 Å². The third-order valence-corrected chi connectivity index (χ3v) is 3.86. The van der Waals surface area contributed by atoms with Gasteiger partial charge in [0.05, 0.1) is 5.56 Å². The largest absolute Gasteiger partial charge is 0.331 e. The van der Waals surface area contributed by atoms with Crippen molar-refractivity contribution >= 4 is 34.8 Å². The first kappa shape index (κ1) is 14.3. The smallest absolute Gasteiger partial charge is 0.198 e. The molecule has 0 N–H and O–H groups in total. The predicted octanol–water partition coefficient (Wildman–Crippen LogP) is 4.50. The van der Waals surface area contributed by atoms with Crippen molar-refractivity contribution in [2.24, 2.45) is 7.05 Å². The van der Waals surface area contributed by atoms with Crippen molar-refractivity contribution < 1.29 is 0 Å². The molecule has 0 saturated carbocycles. The van der Waals surface area contributed by atoms with Gasteiger partial charge in [-0.2, -0.15) is 0 Å². The normalized spacial score (nSPS) is 10.9. The summed E-state index contributed by atoms with van der Waals surface area (Å²) in [7, 11) is 1.84. The van der Waals surface area contributed by atoms with Crippen molar-refractivity contribution in [2.75, 3.05) is 0 Å². The summed E-state index contributed by atoms with van der Waals surface area (Å²) in [5.74, 6) is 0.956. The summed E-state index contributed by atoms with van der Waals surface area (Å²) in [5.41, 5.74) is 1.21. The van der Waals surface area contributed by atoms with E-state index in [4.69, 9.17) is 34.8 Å².